The third kappa shape index (κ3) is 4.13. The molecule has 1 fully saturated rings. The highest BCUT2D eigenvalue weighted by Gasteiger charge is 2.27. The van der Waals surface area contributed by atoms with Crippen molar-refractivity contribution in [1.29, 1.82) is 0 Å². The van der Waals surface area contributed by atoms with E-state index in [0.717, 1.165) is 48.4 Å². The minimum atomic E-state index is -3.23. The van der Waals surface area contributed by atoms with Gasteiger partial charge in [0.25, 0.3) is 5.91 Å². The van der Waals surface area contributed by atoms with Crippen molar-refractivity contribution in [3.8, 4) is 5.69 Å². The summed E-state index contributed by atoms with van der Waals surface area (Å²) in [5, 5.41) is 11.6. The Labute approximate surface area is 177 Å². The molecule has 8 nitrogen and oxygen atoms in total. The lowest BCUT2D eigenvalue weighted by molar-refractivity contribution is 0.0917. The fraction of sp³-hybridized carbons (Fsp3) is 0.571. The van der Waals surface area contributed by atoms with E-state index in [4.69, 9.17) is 0 Å². The Hall–Kier alpha value is -2.26. The third-order valence-electron chi connectivity index (χ3n) is 6.36. The van der Waals surface area contributed by atoms with E-state index in [2.05, 4.69) is 22.6 Å². The number of nitrogens with zero attached hydrogens (tertiary/aromatic N) is 4. The lowest BCUT2D eigenvalue weighted by Gasteiger charge is -2.28. The Morgan fingerprint density at radius 3 is 2.63 bits per heavy atom. The summed E-state index contributed by atoms with van der Waals surface area (Å²) in [6.07, 6.45) is 6.11. The first-order valence-electron chi connectivity index (χ1n) is 10.5. The molecule has 4 rings (SSSR count). The Balaban J connectivity index is 1.57. The highest BCUT2D eigenvalue weighted by atomic mass is 32.2. The summed E-state index contributed by atoms with van der Waals surface area (Å²) >= 11 is 0. The molecule has 0 bridgehead atoms. The normalized spacial score (nSPS) is 22.5. The molecular formula is C21H29N5O3S. The Morgan fingerprint density at radius 1 is 1.20 bits per heavy atom. The molecule has 0 radical (unpaired) electrons. The molecular weight excluding hydrogens is 402 g/mol. The smallest absolute Gasteiger partial charge is 0.273 e. The molecule has 2 heterocycles. The standard InChI is InChI=1S/C21H29N5O3S/c1-14-7-9-17(10-8-14)22-21(27)20-15(2)26(24-23-20)19-6-4-5-16-13-25(30(3,28)29)12-11-18(16)19/h4-6,14,17H,7-13H2,1-3H3,(H,22,27). The van der Waals surface area contributed by atoms with E-state index < -0.39 is 10.0 Å². The van der Waals surface area contributed by atoms with Crippen molar-refractivity contribution in [2.24, 2.45) is 5.92 Å². The molecule has 1 aliphatic carbocycles. The Morgan fingerprint density at radius 2 is 1.93 bits per heavy atom. The first-order chi connectivity index (χ1) is 14.2. The fourth-order valence-electron chi connectivity index (χ4n) is 4.47. The number of sulfonamides is 1. The van der Waals surface area contributed by atoms with E-state index >= 15 is 0 Å². The predicted octanol–water partition coefficient (Wildman–Crippen LogP) is 2.20. The zero-order valence-corrected chi connectivity index (χ0v) is 18.6. The summed E-state index contributed by atoms with van der Waals surface area (Å²) < 4.78 is 27.0. The van der Waals surface area contributed by atoms with Crippen LogP contribution in [-0.2, 0) is 23.0 Å². The van der Waals surface area contributed by atoms with Gasteiger partial charge >= 0.3 is 0 Å². The molecule has 0 atom stereocenters. The highest BCUT2D eigenvalue weighted by Crippen LogP contribution is 2.27. The summed E-state index contributed by atoms with van der Waals surface area (Å²) in [7, 11) is -3.23. The number of carbonyl (C=O) groups is 1. The summed E-state index contributed by atoms with van der Waals surface area (Å²) in [6.45, 7) is 4.89. The molecule has 30 heavy (non-hydrogen) atoms. The molecule has 0 saturated heterocycles. The second-order valence-corrected chi connectivity index (χ2v) is 10.6. The first kappa shape index (κ1) is 21.0. The van der Waals surface area contributed by atoms with Crippen LogP contribution in [0.3, 0.4) is 0 Å². The SMILES string of the molecule is Cc1c(C(=O)NC2CCC(C)CC2)nnn1-c1cccc2c1CCN(S(C)(=O)=O)C2. The number of carbonyl (C=O) groups excluding carboxylic acids is 1. The number of hydrogen-bond acceptors (Lipinski definition) is 5. The van der Waals surface area contributed by atoms with Gasteiger partial charge in [0.1, 0.15) is 0 Å². The Kier molecular flexibility index (Phi) is 5.67. The third-order valence-corrected chi connectivity index (χ3v) is 7.61. The first-order valence-corrected chi connectivity index (χ1v) is 12.4. The van der Waals surface area contributed by atoms with Gasteiger partial charge in [0.2, 0.25) is 10.0 Å². The maximum Gasteiger partial charge on any atom is 0.273 e. The molecule has 162 valence electrons. The minimum absolute atomic E-state index is 0.175. The van der Waals surface area contributed by atoms with Gasteiger partial charge in [0.15, 0.2) is 5.69 Å². The van der Waals surface area contributed by atoms with E-state index in [9.17, 15) is 13.2 Å². The molecule has 0 spiro atoms. The molecule has 1 aliphatic heterocycles. The summed E-state index contributed by atoms with van der Waals surface area (Å²) in [6, 6.07) is 5.98. The number of rotatable bonds is 4. The van der Waals surface area contributed by atoms with Gasteiger partial charge < -0.3 is 5.32 Å². The van der Waals surface area contributed by atoms with Crippen molar-refractivity contribution in [2.45, 2.75) is 58.5 Å². The van der Waals surface area contributed by atoms with Gasteiger partial charge in [-0.25, -0.2) is 13.1 Å². The van der Waals surface area contributed by atoms with Crippen LogP contribution in [0.4, 0.5) is 0 Å². The van der Waals surface area contributed by atoms with E-state index in [-0.39, 0.29) is 11.9 Å². The molecule has 9 heteroatoms. The molecule has 1 aromatic carbocycles. The van der Waals surface area contributed by atoms with Crippen LogP contribution in [-0.4, -0.2) is 52.5 Å². The number of hydrogen-bond donors (Lipinski definition) is 1. The fourth-order valence-corrected chi connectivity index (χ4v) is 5.27. The molecule has 1 N–H and O–H groups in total. The summed E-state index contributed by atoms with van der Waals surface area (Å²) in [4.78, 5) is 12.8. The van der Waals surface area contributed by atoms with E-state index in [1.807, 2.05) is 25.1 Å². The van der Waals surface area contributed by atoms with Crippen molar-refractivity contribution in [3.63, 3.8) is 0 Å². The molecule has 0 unspecified atom stereocenters. The second-order valence-electron chi connectivity index (χ2n) is 8.63. The number of benzene rings is 1. The zero-order chi connectivity index (χ0) is 21.5. The van der Waals surface area contributed by atoms with Crippen LogP contribution in [0.25, 0.3) is 5.69 Å². The number of nitrogens with one attached hydrogen (secondary N) is 1. The van der Waals surface area contributed by atoms with Crippen molar-refractivity contribution >= 4 is 15.9 Å². The lowest BCUT2D eigenvalue weighted by atomic mass is 9.87. The zero-order valence-electron chi connectivity index (χ0n) is 17.8. The van der Waals surface area contributed by atoms with E-state index in [1.54, 1.807) is 4.68 Å². The highest BCUT2D eigenvalue weighted by molar-refractivity contribution is 7.88. The van der Waals surface area contributed by atoms with Crippen LogP contribution in [0.2, 0.25) is 0 Å². The second kappa shape index (κ2) is 8.11. The van der Waals surface area contributed by atoms with Crippen molar-refractivity contribution < 1.29 is 13.2 Å². The van der Waals surface area contributed by atoms with Gasteiger partial charge in [-0.05, 0) is 62.1 Å². The summed E-state index contributed by atoms with van der Waals surface area (Å²) in [5.41, 5.74) is 3.91. The van der Waals surface area contributed by atoms with Gasteiger partial charge in [-0.2, -0.15) is 4.31 Å². The summed E-state index contributed by atoms with van der Waals surface area (Å²) in [5.74, 6) is 0.551. The quantitative estimate of drug-likeness (QED) is 0.800. The number of amides is 1. The van der Waals surface area contributed by atoms with Gasteiger partial charge in [0.05, 0.1) is 17.6 Å². The van der Waals surface area contributed by atoms with Gasteiger partial charge in [0, 0.05) is 19.1 Å². The van der Waals surface area contributed by atoms with Crippen LogP contribution in [0.15, 0.2) is 18.2 Å². The maximum absolute atomic E-state index is 12.8. The number of aromatic nitrogens is 3. The van der Waals surface area contributed by atoms with Crippen LogP contribution in [0.1, 0.15) is 59.9 Å². The minimum Gasteiger partial charge on any atom is -0.348 e. The molecule has 2 aliphatic rings. The van der Waals surface area contributed by atoms with Crippen molar-refractivity contribution in [2.75, 3.05) is 12.8 Å². The van der Waals surface area contributed by atoms with Crippen LogP contribution in [0, 0.1) is 12.8 Å². The van der Waals surface area contributed by atoms with Crippen LogP contribution >= 0.6 is 0 Å². The van der Waals surface area contributed by atoms with Crippen LogP contribution < -0.4 is 5.32 Å². The number of fused-ring (bicyclic) bond motifs is 1. The average Bonchev–Trinajstić information content (AvgIpc) is 3.09. The topological polar surface area (TPSA) is 97.2 Å². The molecule has 2 aromatic rings. The van der Waals surface area contributed by atoms with E-state index in [0.29, 0.717) is 30.9 Å². The lowest BCUT2D eigenvalue weighted by Crippen LogP contribution is -2.37. The van der Waals surface area contributed by atoms with Crippen LogP contribution in [0.5, 0.6) is 0 Å². The maximum atomic E-state index is 12.8. The molecule has 1 aromatic heterocycles. The van der Waals surface area contributed by atoms with Gasteiger partial charge in [-0.1, -0.05) is 24.3 Å². The Bertz CT molecular complexity index is 1050. The van der Waals surface area contributed by atoms with E-state index in [1.165, 1.54) is 10.6 Å². The van der Waals surface area contributed by atoms with Crippen molar-refractivity contribution in [1.82, 2.24) is 24.6 Å². The monoisotopic (exact) mass is 431 g/mol. The largest absolute Gasteiger partial charge is 0.348 e. The van der Waals surface area contributed by atoms with Gasteiger partial charge in [-0.3, -0.25) is 4.79 Å². The van der Waals surface area contributed by atoms with Gasteiger partial charge in [-0.15, -0.1) is 5.10 Å². The average molecular weight is 432 g/mol. The predicted molar refractivity (Wildman–Crippen MR) is 114 cm³/mol. The molecule has 1 amide bonds. The van der Waals surface area contributed by atoms with Crippen molar-refractivity contribution in [3.05, 3.63) is 40.7 Å². The molecule has 1 saturated carbocycles.